The highest BCUT2D eigenvalue weighted by Crippen LogP contribution is 2.32. The summed E-state index contributed by atoms with van der Waals surface area (Å²) in [6.07, 6.45) is 2.33. The van der Waals surface area contributed by atoms with Gasteiger partial charge in [-0.3, -0.25) is 0 Å². The number of rotatable bonds is 4. The first kappa shape index (κ1) is 15.9. The maximum atomic E-state index is 5.08. The van der Waals surface area contributed by atoms with Crippen molar-refractivity contribution in [3.05, 3.63) is 39.6 Å². The van der Waals surface area contributed by atoms with Gasteiger partial charge in [0.25, 0.3) is 0 Å². The van der Waals surface area contributed by atoms with Crippen LogP contribution < -0.4 is 4.90 Å². The monoisotopic (exact) mass is 381 g/mol. The fourth-order valence-electron chi connectivity index (χ4n) is 2.89. The van der Waals surface area contributed by atoms with Gasteiger partial charge in [0.2, 0.25) is 5.13 Å². The second-order valence-corrected chi connectivity index (χ2v) is 7.28. The van der Waals surface area contributed by atoms with E-state index in [9.17, 15) is 0 Å². The molecular weight excluding hydrogens is 362 g/mol. The number of ether oxygens (including phenoxy) is 1. The molecule has 3 rings (SSSR count). The zero-order chi connectivity index (χ0) is 15.5. The van der Waals surface area contributed by atoms with Crippen LogP contribution in [0.3, 0.4) is 0 Å². The van der Waals surface area contributed by atoms with Gasteiger partial charge in [-0.15, -0.1) is 0 Å². The minimum absolute atomic E-state index is 0.491. The lowest BCUT2D eigenvalue weighted by Crippen LogP contribution is -2.32. The summed E-state index contributed by atoms with van der Waals surface area (Å²) < 4.78 is 10.6. The van der Waals surface area contributed by atoms with Crippen LogP contribution in [0.5, 0.6) is 0 Å². The molecule has 1 aliphatic rings. The van der Waals surface area contributed by atoms with E-state index in [0.717, 1.165) is 24.0 Å². The van der Waals surface area contributed by atoms with E-state index in [-0.39, 0.29) is 0 Å². The minimum atomic E-state index is 0.491. The average molecular weight is 382 g/mol. The highest BCUT2D eigenvalue weighted by Gasteiger charge is 2.23. The SMILES string of the molecule is COCc1nsc(N2CCC(c3ccc(Br)c(C)c3)CC2)n1. The third-order valence-electron chi connectivity index (χ3n) is 4.15. The van der Waals surface area contributed by atoms with Gasteiger partial charge in [0.1, 0.15) is 6.61 Å². The van der Waals surface area contributed by atoms with Gasteiger partial charge in [0, 0.05) is 36.2 Å². The lowest BCUT2D eigenvalue weighted by Gasteiger charge is -2.31. The standard InChI is InChI=1S/C16H20BrN3OS/c1-11-9-13(3-4-14(11)17)12-5-7-20(8-6-12)16-18-15(10-21-2)19-22-16/h3-4,9,12H,5-8,10H2,1-2H3. The van der Waals surface area contributed by atoms with Crippen molar-refractivity contribution in [3.8, 4) is 0 Å². The highest BCUT2D eigenvalue weighted by atomic mass is 79.9. The molecule has 0 spiro atoms. The molecule has 1 aliphatic heterocycles. The molecule has 118 valence electrons. The fraction of sp³-hybridized carbons (Fsp3) is 0.500. The zero-order valence-electron chi connectivity index (χ0n) is 12.9. The molecule has 0 atom stereocenters. The summed E-state index contributed by atoms with van der Waals surface area (Å²) in [5, 5.41) is 1.03. The predicted octanol–water partition coefficient (Wildman–Crippen LogP) is 4.14. The molecule has 2 aromatic rings. The molecule has 0 radical (unpaired) electrons. The summed E-state index contributed by atoms with van der Waals surface area (Å²) in [5.74, 6) is 1.43. The van der Waals surface area contributed by atoms with E-state index < -0.39 is 0 Å². The van der Waals surface area contributed by atoms with Gasteiger partial charge >= 0.3 is 0 Å². The number of piperidine rings is 1. The summed E-state index contributed by atoms with van der Waals surface area (Å²) in [6, 6.07) is 6.73. The van der Waals surface area contributed by atoms with Gasteiger partial charge in [-0.25, -0.2) is 4.98 Å². The Morgan fingerprint density at radius 1 is 1.36 bits per heavy atom. The van der Waals surface area contributed by atoms with Crippen molar-refractivity contribution in [1.82, 2.24) is 9.36 Å². The molecule has 1 aromatic heterocycles. The molecule has 6 heteroatoms. The lowest BCUT2D eigenvalue weighted by molar-refractivity contribution is 0.179. The molecule has 0 amide bonds. The number of aromatic nitrogens is 2. The molecule has 0 saturated carbocycles. The van der Waals surface area contributed by atoms with Crippen molar-refractivity contribution < 1.29 is 4.74 Å². The molecule has 0 N–H and O–H groups in total. The molecular formula is C16H20BrN3OS. The van der Waals surface area contributed by atoms with E-state index in [1.807, 2.05) is 0 Å². The summed E-state index contributed by atoms with van der Waals surface area (Å²) >= 11 is 5.05. The number of hydrogen-bond donors (Lipinski definition) is 0. The van der Waals surface area contributed by atoms with E-state index in [0.29, 0.717) is 12.5 Å². The zero-order valence-corrected chi connectivity index (χ0v) is 15.3. The van der Waals surface area contributed by atoms with Crippen molar-refractivity contribution in [2.24, 2.45) is 0 Å². The van der Waals surface area contributed by atoms with E-state index >= 15 is 0 Å². The van der Waals surface area contributed by atoms with Crippen molar-refractivity contribution >= 4 is 32.6 Å². The molecule has 1 fully saturated rings. The third-order valence-corrected chi connectivity index (χ3v) is 5.85. The van der Waals surface area contributed by atoms with Crippen molar-refractivity contribution in [2.75, 3.05) is 25.1 Å². The van der Waals surface area contributed by atoms with Crippen LogP contribution in [0, 0.1) is 6.92 Å². The van der Waals surface area contributed by atoms with Crippen LogP contribution in [0.2, 0.25) is 0 Å². The Kier molecular flexibility index (Phi) is 5.10. The second kappa shape index (κ2) is 7.06. The van der Waals surface area contributed by atoms with Gasteiger partial charge in [0.15, 0.2) is 5.82 Å². The van der Waals surface area contributed by atoms with Crippen molar-refractivity contribution in [1.29, 1.82) is 0 Å². The smallest absolute Gasteiger partial charge is 0.205 e. The largest absolute Gasteiger partial charge is 0.377 e. The van der Waals surface area contributed by atoms with E-state index in [2.05, 4.69) is 55.3 Å². The first-order chi connectivity index (χ1) is 10.7. The van der Waals surface area contributed by atoms with Crippen LogP contribution in [-0.4, -0.2) is 29.6 Å². The number of anilines is 1. The van der Waals surface area contributed by atoms with Crippen LogP contribution >= 0.6 is 27.5 Å². The topological polar surface area (TPSA) is 38.2 Å². The molecule has 1 aromatic carbocycles. The van der Waals surface area contributed by atoms with Crippen LogP contribution in [-0.2, 0) is 11.3 Å². The first-order valence-corrected chi connectivity index (χ1v) is 9.06. The highest BCUT2D eigenvalue weighted by molar-refractivity contribution is 9.10. The maximum absolute atomic E-state index is 5.08. The van der Waals surface area contributed by atoms with Crippen molar-refractivity contribution in [3.63, 3.8) is 0 Å². The Hall–Kier alpha value is -0.980. The average Bonchev–Trinajstić information content (AvgIpc) is 2.99. The van der Waals surface area contributed by atoms with E-state index in [4.69, 9.17) is 4.74 Å². The maximum Gasteiger partial charge on any atom is 0.205 e. The number of nitrogens with zero attached hydrogens (tertiary/aromatic N) is 3. The summed E-state index contributed by atoms with van der Waals surface area (Å²) in [5.41, 5.74) is 2.77. The van der Waals surface area contributed by atoms with Crippen molar-refractivity contribution in [2.45, 2.75) is 32.3 Å². The van der Waals surface area contributed by atoms with Gasteiger partial charge in [0.05, 0.1) is 0 Å². The molecule has 22 heavy (non-hydrogen) atoms. The van der Waals surface area contributed by atoms with Gasteiger partial charge in [-0.1, -0.05) is 28.1 Å². The quantitative estimate of drug-likeness (QED) is 0.797. The Labute approximate surface area is 143 Å². The normalized spacial score (nSPS) is 16.2. The first-order valence-electron chi connectivity index (χ1n) is 7.50. The third kappa shape index (κ3) is 3.50. The molecule has 4 nitrogen and oxygen atoms in total. The minimum Gasteiger partial charge on any atom is -0.377 e. The Morgan fingerprint density at radius 2 is 2.14 bits per heavy atom. The van der Waals surface area contributed by atoms with Crippen LogP contribution in [0.15, 0.2) is 22.7 Å². The van der Waals surface area contributed by atoms with Crippen LogP contribution in [0.4, 0.5) is 5.13 Å². The van der Waals surface area contributed by atoms with E-state index in [1.54, 1.807) is 7.11 Å². The number of halogens is 1. The van der Waals surface area contributed by atoms with Gasteiger partial charge in [-0.05, 0) is 42.9 Å². The number of methoxy groups -OCH3 is 1. The van der Waals surface area contributed by atoms with Crippen LogP contribution in [0.1, 0.15) is 35.7 Å². The lowest BCUT2D eigenvalue weighted by atomic mass is 9.89. The predicted molar refractivity (Wildman–Crippen MR) is 93.7 cm³/mol. The summed E-state index contributed by atoms with van der Waals surface area (Å²) in [6.45, 7) is 4.73. The summed E-state index contributed by atoms with van der Waals surface area (Å²) in [4.78, 5) is 6.90. The number of aryl methyl sites for hydroxylation is 1. The Balaban J connectivity index is 1.62. The second-order valence-electron chi connectivity index (χ2n) is 5.70. The molecule has 0 bridgehead atoms. The number of benzene rings is 1. The van der Waals surface area contributed by atoms with Gasteiger partial charge in [-0.2, -0.15) is 4.37 Å². The molecule has 0 aliphatic carbocycles. The van der Waals surface area contributed by atoms with Gasteiger partial charge < -0.3 is 9.64 Å². The fourth-order valence-corrected chi connectivity index (χ4v) is 3.86. The Morgan fingerprint density at radius 3 is 2.82 bits per heavy atom. The molecule has 0 unspecified atom stereocenters. The molecule has 2 heterocycles. The molecule has 1 saturated heterocycles. The van der Waals surface area contributed by atoms with Crippen LogP contribution in [0.25, 0.3) is 0 Å². The van der Waals surface area contributed by atoms with E-state index in [1.165, 1.54) is 40.0 Å². The summed E-state index contributed by atoms with van der Waals surface area (Å²) in [7, 11) is 1.67. The Bertz CT molecular complexity index is 638. The number of hydrogen-bond acceptors (Lipinski definition) is 5.